The topological polar surface area (TPSA) is 43.8 Å². The summed E-state index contributed by atoms with van der Waals surface area (Å²) in [6.45, 7) is 7.82. The standard InChI is InChI=1S/C22H29N5.HI/c1-2-23-21(25-18-22(11-12-22)19-8-4-3-5-9-19)27-16-14-26(15-17-27)20-10-6-7-13-24-20;/h3-10,13H,2,11-12,14-18H2,1H3,(H,23,25);1H. The van der Waals surface area contributed by atoms with Crippen LogP contribution in [0.15, 0.2) is 59.7 Å². The lowest BCUT2D eigenvalue weighted by Gasteiger charge is -2.37. The Kier molecular flexibility index (Phi) is 7.15. The molecule has 2 heterocycles. The minimum atomic E-state index is 0. The quantitative estimate of drug-likeness (QED) is 0.395. The third-order valence-corrected chi connectivity index (χ3v) is 5.66. The third kappa shape index (κ3) is 4.77. The molecule has 1 aliphatic carbocycles. The van der Waals surface area contributed by atoms with Crippen LogP contribution < -0.4 is 10.2 Å². The lowest BCUT2D eigenvalue weighted by molar-refractivity contribution is 0.371. The number of pyridine rings is 1. The monoisotopic (exact) mass is 491 g/mol. The molecule has 1 aliphatic heterocycles. The zero-order chi connectivity index (χ0) is 18.5. The van der Waals surface area contributed by atoms with Crippen molar-refractivity contribution in [2.75, 3.05) is 44.2 Å². The van der Waals surface area contributed by atoms with Gasteiger partial charge >= 0.3 is 0 Å². The van der Waals surface area contributed by atoms with Crippen LogP contribution in [-0.4, -0.2) is 55.1 Å². The first kappa shape index (κ1) is 20.9. The number of anilines is 1. The second-order valence-corrected chi connectivity index (χ2v) is 7.48. The first-order valence-corrected chi connectivity index (χ1v) is 10.1. The van der Waals surface area contributed by atoms with Gasteiger partial charge in [-0.3, -0.25) is 4.99 Å². The summed E-state index contributed by atoms with van der Waals surface area (Å²) in [5.41, 5.74) is 1.70. The normalized spacial score (nSPS) is 18.4. The van der Waals surface area contributed by atoms with Gasteiger partial charge in [0, 0.05) is 44.3 Å². The molecule has 0 radical (unpaired) electrons. The molecule has 1 N–H and O–H groups in total. The lowest BCUT2D eigenvalue weighted by Crippen LogP contribution is -2.53. The van der Waals surface area contributed by atoms with Crippen LogP contribution in [0, 0.1) is 0 Å². The van der Waals surface area contributed by atoms with Crippen LogP contribution in [0.25, 0.3) is 0 Å². The molecule has 1 aromatic heterocycles. The summed E-state index contributed by atoms with van der Waals surface area (Å²) in [4.78, 5) is 14.3. The molecule has 5 nitrogen and oxygen atoms in total. The van der Waals surface area contributed by atoms with Crippen LogP contribution in [0.4, 0.5) is 5.82 Å². The van der Waals surface area contributed by atoms with Gasteiger partial charge in [-0.2, -0.15) is 0 Å². The number of piperazine rings is 1. The minimum Gasteiger partial charge on any atom is -0.357 e. The van der Waals surface area contributed by atoms with Crippen molar-refractivity contribution in [2.24, 2.45) is 4.99 Å². The summed E-state index contributed by atoms with van der Waals surface area (Å²) in [7, 11) is 0. The fraction of sp³-hybridized carbons (Fsp3) is 0.455. The second kappa shape index (κ2) is 9.58. The van der Waals surface area contributed by atoms with Crippen LogP contribution in [0.2, 0.25) is 0 Å². The van der Waals surface area contributed by atoms with Gasteiger partial charge < -0.3 is 15.1 Å². The number of guanidine groups is 1. The zero-order valence-corrected chi connectivity index (χ0v) is 18.9. The molecule has 1 saturated heterocycles. The average Bonchev–Trinajstić information content (AvgIpc) is 3.54. The molecule has 1 aromatic carbocycles. The first-order valence-electron chi connectivity index (χ1n) is 10.1. The highest BCUT2D eigenvalue weighted by atomic mass is 127. The molecule has 0 spiro atoms. The predicted octanol–water partition coefficient (Wildman–Crippen LogP) is 3.52. The average molecular weight is 491 g/mol. The fourth-order valence-electron chi connectivity index (χ4n) is 3.82. The SMILES string of the molecule is CCNC(=NCC1(c2ccccc2)CC1)N1CCN(c2ccccn2)CC1.I. The van der Waals surface area contributed by atoms with Gasteiger partial charge in [-0.25, -0.2) is 4.98 Å². The van der Waals surface area contributed by atoms with E-state index in [1.54, 1.807) is 0 Å². The van der Waals surface area contributed by atoms with Crippen molar-refractivity contribution >= 4 is 35.8 Å². The molecule has 1 saturated carbocycles. The molecule has 28 heavy (non-hydrogen) atoms. The fourth-order valence-corrected chi connectivity index (χ4v) is 3.82. The number of benzene rings is 1. The van der Waals surface area contributed by atoms with E-state index in [4.69, 9.17) is 4.99 Å². The molecule has 4 rings (SSSR count). The number of aromatic nitrogens is 1. The van der Waals surface area contributed by atoms with Gasteiger partial charge in [-0.05, 0) is 37.5 Å². The van der Waals surface area contributed by atoms with E-state index >= 15 is 0 Å². The Hall–Kier alpha value is -1.83. The first-order chi connectivity index (χ1) is 13.3. The Morgan fingerprint density at radius 1 is 1.04 bits per heavy atom. The van der Waals surface area contributed by atoms with Crippen LogP contribution in [-0.2, 0) is 5.41 Å². The van der Waals surface area contributed by atoms with Crippen LogP contribution >= 0.6 is 24.0 Å². The van der Waals surface area contributed by atoms with E-state index in [-0.39, 0.29) is 29.4 Å². The molecule has 2 aromatic rings. The van der Waals surface area contributed by atoms with Crippen molar-refractivity contribution in [2.45, 2.75) is 25.2 Å². The minimum absolute atomic E-state index is 0. The van der Waals surface area contributed by atoms with Crippen molar-refractivity contribution in [1.82, 2.24) is 15.2 Å². The Morgan fingerprint density at radius 2 is 1.75 bits per heavy atom. The van der Waals surface area contributed by atoms with Gasteiger partial charge in [0.15, 0.2) is 5.96 Å². The maximum Gasteiger partial charge on any atom is 0.194 e. The number of aliphatic imine (C=N–C) groups is 1. The van der Waals surface area contributed by atoms with Gasteiger partial charge in [-0.1, -0.05) is 36.4 Å². The molecule has 6 heteroatoms. The van der Waals surface area contributed by atoms with Crippen molar-refractivity contribution in [3.05, 3.63) is 60.3 Å². The lowest BCUT2D eigenvalue weighted by atomic mass is 9.96. The molecular weight excluding hydrogens is 461 g/mol. The van der Waals surface area contributed by atoms with Crippen LogP contribution in [0.3, 0.4) is 0 Å². The van der Waals surface area contributed by atoms with Crippen molar-refractivity contribution < 1.29 is 0 Å². The van der Waals surface area contributed by atoms with Crippen molar-refractivity contribution in [1.29, 1.82) is 0 Å². The maximum atomic E-state index is 5.04. The number of halogens is 1. The smallest absolute Gasteiger partial charge is 0.194 e. The molecule has 0 atom stereocenters. The number of nitrogens with one attached hydrogen (secondary N) is 1. The molecule has 2 aliphatic rings. The van der Waals surface area contributed by atoms with E-state index in [0.717, 1.165) is 51.0 Å². The molecule has 0 bridgehead atoms. The number of nitrogens with zero attached hydrogens (tertiary/aromatic N) is 4. The van der Waals surface area contributed by atoms with Gasteiger partial charge in [-0.15, -0.1) is 24.0 Å². The summed E-state index contributed by atoms with van der Waals surface area (Å²) in [5.74, 6) is 2.13. The van der Waals surface area contributed by atoms with Gasteiger partial charge in [0.1, 0.15) is 5.82 Å². The number of rotatable bonds is 5. The molecule has 0 unspecified atom stereocenters. The van der Waals surface area contributed by atoms with Gasteiger partial charge in [0.05, 0.1) is 6.54 Å². The summed E-state index contributed by atoms with van der Waals surface area (Å²) in [5, 5.41) is 3.50. The van der Waals surface area contributed by atoms with E-state index in [2.05, 4.69) is 69.5 Å². The Bertz CT molecular complexity index is 753. The zero-order valence-electron chi connectivity index (χ0n) is 16.6. The predicted molar refractivity (Wildman–Crippen MR) is 127 cm³/mol. The summed E-state index contributed by atoms with van der Waals surface area (Å²) in [6, 6.07) is 17.0. The largest absolute Gasteiger partial charge is 0.357 e. The highest BCUT2D eigenvalue weighted by Gasteiger charge is 2.44. The molecule has 2 fully saturated rings. The van der Waals surface area contributed by atoms with Crippen molar-refractivity contribution in [3.63, 3.8) is 0 Å². The van der Waals surface area contributed by atoms with E-state index in [1.165, 1.54) is 18.4 Å². The maximum absolute atomic E-state index is 5.04. The summed E-state index contributed by atoms with van der Waals surface area (Å²) in [6.07, 6.45) is 4.35. The van der Waals surface area contributed by atoms with E-state index < -0.39 is 0 Å². The summed E-state index contributed by atoms with van der Waals surface area (Å²) < 4.78 is 0. The third-order valence-electron chi connectivity index (χ3n) is 5.66. The summed E-state index contributed by atoms with van der Waals surface area (Å²) >= 11 is 0. The van der Waals surface area contributed by atoms with Gasteiger partial charge in [0.25, 0.3) is 0 Å². The van der Waals surface area contributed by atoms with Crippen molar-refractivity contribution in [3.8, 4) is 0 Å². The Balaban J connectivity index is 0.00000225. The highest BCUT2D eigenvalue weighted by Crippen LogP contribution is 2.48. The Morgan fingerprint density at radius 3 is 2.36 bits per heavy atom. The molecular formula is C22H30IN5. The van der Waals surface area contributed by atoms with E-state index in [9.17, 15) is 0 Å². The number of hydrogen-bond donors (Lipinski definition) is 1. The van der Waals surface area contributed by atoms with E-state index in [1.807, 2.05) is 12.3 Å². The van der Waals surface area contributed by atoms with Gasteiger partial charge in [0.2, 0.25) is 0 Å². The molecule has 150 valence electrons. The van der Waals surface area contributed by atoms with E-state index in [0.29, 0.717) is 0 Å². The molecule has 0 amide bonds. The van der Waals surface area contributed by atoms with Crippen LogP contribution in [0.5, 0.6) is 0 Å². The van der Waals surface area contributed by atoms with Crippen LogP contribution in [0.1, 0.15) is 25.3 Å². The highest BCUT2D eigenvalue weighted by molar-refractivity contribution is 14.0. The second-order valence-electron chi connectivity index (χ2n) is 7.48. The Labute approximate surface area is 185 Å². The number of hydrogen-bond acceptors (Lipinski definition) is 3.